The Morgan fingerprint density at radius 1 is 1.22 bits per heavy atom. The molecule has 0 saturated heterocycles. The monoisotopic (exact) mass is 244 g/mol. The molecule has 2 heteroatoms. The maximum absolute atomic E-state index is 12.6. The molecule has 0 amide bonds. The summed E-state index contributed by atoms with van der Waals surface area (Å²) in [5.74, 6) is 1.29. The number of hydrogen-bond donors (Lipinski definition) is 0. The van der Waals surface area contributed by atoms with Gasteiger partial charge in [0, 0.05) is 11.0 Å². The van der Waals surface area contributed by atoms with Gasteiger partial charge in [0.05, 0.1) is 6.61 Å². The number of aryl methyl sites for hydroxylation is 1. The van der Waals surface area contributed by atoms with E-state index in [-0.39, 0.29) is 5.41 Å². The molecule has 1 heterocycles. The number of carbonyl (C=O) groups is 1. The molecule has 96 valence electrons. The van der Waals surface area contributed by atoms with Crippen LogP contribution in [0.5, 0.6) is 5.75 Å². The average molecular weight is 244 g/mol. The third-order valence-electron chi connectivity index (χ3n) is 4.43. The first-order valence-electron chi connectivity index (χ1n) is 7.00. The number of ether oxygens (including phenoxy) is 1. The predicted molar refractivity (Wildman–Crippen MR) is 71.2 cm³/mol. The lowest BCUT2D eigenvalue weighted by Gasteiger charge is -2.23. The van der Waals surface area contributed by atoms with E-state index in [0.29, 0.717) is 5.78 Å². The number of rotatable bonds is 2. The highest BCUT2D eigenvalue weighted by molar-refractivity contribution is 6.00. The number of benzene rings is 1. The molecular weight excluding hydrogens is 224 g/mol. The van der Waals surface area contributed by atoms with Crippen molar-refractivity contribution in [3.05, 3.63) is 29.3 Å². The van der Waals surface area contributed by atoms with Crippen molar-refractivity contribution in [2.75, 3.05) is 6.61 Å². The summed E-state index contributed by atoms with van der Waals surface area (Å²) >= 11 is 0. The van der Waals surface area contributed by atoms with Crippen LogP contribution in [0.15, 0.2) is 18.2 Å². The van der Waals surface area contributed by atoms with Crippen LogP contribution in [0.1, 0.15) is 54.9 Å². The normalized spacial score (nSPS) is 21.2. The van der Waals surface area contributed by atoms with Crippen LogP contribution in [0.3, 0.4) is 0 Å². The van der Waals surface area contributed by atoms with Gasteiger partial charge < -0.3 is 4.74 Å². The largest absolute Gasteiger partial charge is 0.493 e. The molecule has 0 spiro atoms. The Kier molecular flexibility index (Phi) is 2.89. The SMILES string of the molecule is CC1(C(=O)c2ccc3c(c2)CCCO3)CCCC1. The van der Waals surface area contributed by atoms with Gasteiger partial charge in [-0.05, 0) is 49.4 Å². The van der Waals surface area contributed by atoms with Crippen molar-refractivity contribution < 1.29 is 9.53 Å². The van der Waals surface area contributed by atoms with Crippen LogP contribution in [0.2, 0.25) is 0 Å². The minimum Gasteiger partial charge on any atom is -0.493 e. The second kappa shape index (κ2) is 4.42. The van der Waals surface area contributed by atoms with Crippen LogP contribution in [-0.2, 0) is 6.42 Å². The lowest BCUT2D eigenvalue weighted by Crippen LogP contribution is -2.24. The Labute approximate surface area is 108 Å². The second-order valence-corrected chi connectivity index (χ2v) is 5.87. The predicted octanol–water partition coefficient (Wildman–Crippen LogP) is 3.77. The molecular formula is C16H20O2. The van der Waals surface area contributed by atoms with Crippen molar-refractivity contribution in [2.24, 2.45) is 5.41 Å². The van der Waals surface area contributed by atoms with E-state index in [1.165, 1.54) is 18.4 Å². The fourth-order valence-electron chi connectivity index (χ4n) is 3.23. The highest BCUT2D eigenvalue weighted by atomic mass is 16.5. The Balaban J connectivity index is 1.90. The van der Waals surface area contributed by atoms with Crippen LogP contribution >= 0.6 is 0 Å². The summed E-state index contributed by atoms with van der Waals surface area (Å²) in [5.41, 5.74) is 1.96. The van der Waals surface area contributed by atoms with Crippen molar-refractivity contribution in [3.8, 4) is 5.75 Å². The first kappa shape index (κ1) is 11.8. The van der Waals surface area contributed by atoms with Crippen LogP contribution in [0.25, 0.3) is 0 Å². The third-order valence-corrected chi connectivity index (χ3v) is 4.43. The van der Waals surface area contributed by atoms with E-state index in [0.717, 1.165) is 43.6 Å². The van der Waals surface area contributed by atoms with Gasteiger partial charge in [0.2, 0.25) is 0 Å². The molecule has 0 radical (unpaired) electrons. The molecule has 0 bridgehead atoms. The summed E-state index contributed by atoms with van der Waals surface area (Å²) in [6.45, 7) is 2.93. The van der Waals surface area contributed by atoms with Crippen LogP contribution in [0, 0.1) is 5.41 Å². The van der Waals surface area contributed by atoms with Gasteiger partial charge >= 0.3 is 0 Å². The fourth-order valence-corrected chi connectivity index (χ4v) is 3.23. The van der Waals surface area contributed by atoms with Gasteiger partial charge in [-0.2, -0.15) is 0 Å². The molecule has 0 aromatic heterocycles. The minimum absolute atomic E-state index is 0.121. The number of Topliss-reactive ketones (excluding diaryl/α,β-unsaturated/α-hetero) is 1. The van der Waals surface area contributed by atoms with Gasteiger partial charge in [0.1, 0.15) is 5.75 Å². The summed E-state index contributed by atoms with van der Waals surface area (Å²) < 4.78 is 5.60. The Bertz CT molecular complexity index is 470. The summed E-state index contributed by atoms with van der Waals surface area (Å²) in [6.07, 6.45) is 6.56. The van der Waals surface area contributed by atoms with Crippen molar-refractivity contribution in [1.29, 1.82) is 0 Å². The van der Waals surface area contributed by atoms with Crippen LogP contribution in [-0.4, -0.2) is 12.4 Å². The molecule has 1 aliphatic carbocycles. The molecule has 1 aromatic rings. The maximum atomic E-state index is 12.6. The topological polar surface area (TPSA) is 26.3 Å². The summed E-state index contributed by atoms with van der Waals surface area (Å²) in [4.78, 5) is 12.6. The second-order valence-electron chi connectivity index (χ2n) is 5.87. The van der Waals surface area contributed by atoms with Crippen LogP contribution < -0.4 is 4.74 Å². The molecule has 2 nitrogen and oxygen atoms in total. The van der Waals surface area contributed by atoms with E-state index in [2.05, 4.69) is 13.0 Å². The van der Waals surface area contributed by atoms with E-state index in [4.69, 9.17) is 4.74 Å². The minimum atomic E-state index is -0.121. The highest BCUT2D eigenvalue weighted by Gasteiger charge is 2.36. The fraction of sp³-hybridized carbons (Fsp3) is 0.562. The van der Waals surface area contributed by atoms with E-state index < -0.39 is 0 Å². The summed E-state index contributed by atoms with van der Waals surface area (Å²) in [6, 6.07) is 5.97. The molecule has 1 aromatic carbocycles. The van der Waals surface area contributed by atoms with E-state index >= 15 is 0 Å². The van der Waals surface area contributed by atoms with E-state index in [9.17, 15) is 4.79 Å². The molecule has 2 aliphatic rings. The van der Waals surface area contributed by atoms with Gasteiger partial charge in [-0.3, -0.25) is 4.79 Å². The van der Waals surface area contributed by atoms with Crippen molar-refractivity contribution in [1.82, 2.24) is 0 Å². The molecule has 0 N–H and O–H groups in total. The molecule has 18 heavy (non-hydrogen) atoms. The van der Waals surface area contributed by atoms with Gasteiger partial charge in [-0.1, -0.05) is 19.8 Å². The Morgan fingerprint density at radius 3 is 2.78 bits per heavy atom. The quantitative estimate of drug-likeness (QED) is 0.740. The molecule has 1 aliphatic heterocycles. The third kappa shape index (κ3) is 1.94. The standard InChI is InChI=1S/C16H20O2/c1-16(8-2-3-9-16)15(17)13-6-7-14-12(11-13)5-4-10-18-14/h6-7,11H,2-5,8-10H2,1H3. The van der Waals surface area contributed by atoms with Crippen molar-refractivity contribution in [2.45, 2.75) is 45.4 Å². The van der Waals surface area contributed by atoms with Gasteiger partial charge in [-0.25, -0.2) is 0 Å². The molecule has 3 rings (SSSR count). The smallest absolute Gasteiger partial charge is 0.168 e. The first-order valence-corrected chi connectivity index (χ1v) is 7.00. The van der Waals surface area contributed by atoms with Gasteiger partial charge in [-0.15, -0.1) is 0 Å². The lowest BCUT2D eigenvalue weighted by atomic mass is 9.80. The number of hydrogen-bond acceptors (Lipinski definition) is 2. The highest BCUT2D eigenvalue weighted by Crippen LogP contribution is 2.41. The van der Waals surface area contributed by atoms with E-state index in [1.54, 1.807) is 0 Å². The molecule has 1 saturated carbocycles. The maximum Gasteiger partial charge on any atom is 0.168 e. The number of carbonyl (C=O) groups excluding carboxylic acids is 1. The van der Waals surface area contributed by atoms with Crippen LogP contribution in [0.4, 0.5) is 0 Å². The molecule has 1 fully saturated rings. The van der Waals surface area contributed by atoms with Gasteiger partial charge in [0.15, 0.2) is 5.78 Å². The zero-order valence-corrected chi connectivity index (χ0v) is 11.0. The molecule has 0 unspecified atom stereocenters. The number of ketones is 1. The van der Waals surface area contributed by atoms with E-state index in [1.807, 2.05) is 12.1 Å². The molecule has 0 atom stereocenters. The van der Waals surface area contributed by atoms with Gasteiger partial charge in [0.25, 0.3) is 0 Å². The van der Waals surface area contributed by atoms with Crippen molar-refractivity contribution >= 4 is 5.78 Å². The first-order chi connectivity index (χ1) is 8.69. The zero-order valence-electron chi connectivity index (χ0n) is 11.0. The van der Waals surface area contributed by atoms with Crippen molar-refractivity contribution in [3.63, 3.8) is 0 Å². The summed E-state index contributed by atoms with van der Waals surface area (Å²) in [5, 5.41) is 0. The summed E-state index contributed by atoms with van der Waals surface area (Å²) in [7, 11) is 0. The Morgan fingerprint density at radius 2 is 2.00 bits per heavy atom. The number of fused-ring (bicyclic) bond motifs is 1. The lowest BCUT2D eigenvalue weighted by molar-refractivity contribution is 0.0823. The average Bonchev–Trinajstić information content (AvgIpc) is 2.85. The Hall–Kier alpha value is -1.31. The zero-order chi connectivity index (χ0) is 12.6.